The minimum atomic E-state index is 0.847. The summed E-state index contributed by atoms with van der Waals surface area (Å²) in [5.74, 6) is 0.847. The average molecular weight is 400 g/mol. The van der Waals surface area contributed by atoms with Gasteiger partial charge in [-0.1, -0.05) is 70.5 Å². The third-order valence-corrected chi connectivity index (χ3v) is 5.13. The maximum absolute atomic E-state index is 4.48. The van der Waals surface area contributed by atoms with Crippen molar-refractivity contribution in [2.24, 2.45) is 0 Å². The fourth-order valence-electron chi connectivity index (χ4n) is 3.27. The molecular formula is C22H14BrN3. The van der Waals surface area contributed by atoms with Crippen molar-refractivity contribution in [1.82, 2.24) is 14.6 Å². The van der Waals surface area contributed by atoms with Gasteiger partial charge >= 0.3 is 0 Å². The number of halogens is 1. The van der Waals surface area contributed by atoms with E-state index < -0.39 is 0 Å². The minimum absolute atomic E-state index is 0.847. The van der Waals surface area contributed by atoms with Gasteiger partial charge in [0.05, 0.1) is 0 Å². The molecule has 0 aliphatic carbocycles. The van der Waals surface area contributed by atoms with Crippen molar-refractivity contribution in [3.63, 3.8) is 0 Å². The Balaban J connectivity index is 1.73. The Morgan fingerprint density at radius 1 is 0.692 bits per heavy atom. The maximum atomic E-state index is 4.48. The Hall–Kier alpha value is -2.98. The molecular weight excluding hydrogens is 386 g/mol. The largest absolute Gasteiger partial charge is 0.282 e. The molecule has 3 aromatic carbocycles. The molecule has 0 N–H and O–H groups in total. The lowest BCUT2D eigenvalue weighted by atomic mass is 10.0. The quantitative estimate of drug-likeness (QED) is 0.365. The van der Waals surface area contributed by atoms with Crippen molar-refractivity contribution in [2.75, 3.05) is 0 Å². The van der Waals surface area contributed by atoms with Crippen molar-refractivity contribution in [2.45, 2.75) is 0 Å². The van der Waals surface area contributed by atoms with E-state index >= 15 is 0 Å². The number of nitrogens with zero attached hydrogens (tertiary/aromatic N) is 3. The molecule has 0 bridgehead atoms. The molecule has 0 unspecified atom stereocenters. The third kappa shape index (κ3) is 2.50. The van der Waals surface area contributed by atoms with Crippen LogP contribution in [0.4, 0.5) is 0 Å². The molecule has 0 saturated carbocycles. The molecule has 0 spiro atoms. The second-order valence-corrected chi connectivity index (χ2v) is 7.12. The SMILES string of the molecule is Brc1ccc(-c2nnc3c4cc(-c5ccccc5)ccc4ccn23)cc1. The van der Waals surface area contributed by atoms with Gasteiger partial charge in [-0.3, -0.25) is 4.40 Å². The van der Waals surface area contributed by atoms with E-state index in [2.05, 4.69) is 79.1 Å². The van der Waals surface area contributed by atoms with Gasteiger partial charge in [-0.05, 0) is 40.8 Å². The van der Waals surface area contributed by atoms with Crippen LogP contribution in [0, 0.1) is 0 Å². The van der Waals surface area contributed by atoms with Crippen LogP contribution in [0.1, 0.15) is 0 Å². The summed E-state index contributed by atoms with van der Waals surface area (Å²) in [4.78, 5) is 0. The molecule has 124 valence electrons. The van der Waals surface area contributed by atoms with E-state index in [0.29, 0.717) is 0 Å². The molecule has 2 aromatic heterocycles. The monoisotopic (exact) mass is 399 g/mol. The molecule has 0 saturated heterocycles. The third-order valence-electron chi connectivity index (χ3n) is 4.60. The first-order valence-corrected chi connectivity index (χ1v) is 9.18. The number of hydrogen-bond donors (Lipinski definition) is 0. The van der Waals surface area contributed by atoms with Crippen LogP contribution in [0.3, 0.4) is 0 Å². The van der Waals surface area contributed by atoms with Crippen molar-refractivity contribution >= 4 is 32.3 Å². The first-order chi connectivity index (χ1) is 12.8. The summed E-state index contributed by atoms with van der Waals surface area (Å²) in [6, 6.07) is 27.1. The van der Waals surface area contributed by atoms with E-state index in [0.717, 1.165) is 32.3 Å². The van der Waals surface area contributed by atoms with Gasteiger partial charge in [-0.15, -0.1) is 10.2 Å². The second-order valence-electron chi connectivity index (χ2n) is 6.21. The molecule has 4 heteroatoms. The van der Waals surface area contributed by atoms with E-state index in [1.807, 2.05) is 36.5 Å². The van der Waals surface area contributed by atoms with Crippen LogP contribution >= 0.6 is 15.9 Å². The lowest BCUT2D eigenvalue weighted by Crippen LogP contribution is -1.90. The molecule has 0 radical (unpaired) electrons. The molecule has 0 aliphatic heterocycles. The summed E-state index contributed by atoms with van der Waals surface area (Å²) >= 11 is 3.48. The van der Waals surface area contributed by atoms with Crippen molar-refractivity contribution < 1.29 is 0 Å². The van der Waals surface area contributed by atoms with E-state index in [1.54, 1.807) is 0 Å². The van der Waals surface area contributed by atoms with Gasteiger partial charge in [0.25, 0.3) is 0 Å². The van der Waals surface area contributed by atoms with Crippen molar-refractivity contribution in [3.8, 4) is 22.5 Å². The Morgan fingerprint density at radius 2 is 1.46 bits per heavy atom. The Labute approximate surface area is 159 Å². The highest BCUT2D eigenvalue weighted by Crippen LogP contribution is 2.29. The van der Waals surface area contributed by atoms with Gasteiger partial charge in [-0.2, -0.15) is 0 Å². The van der Waals surface area contributed by atoms with E-state index in [9.17, 15) is 0 Å². The average Bonchev–Trinajstić information content (AvgIpc) is 3.13. The van der Waals surface area contributed by atoms with Crippen LogP contribution < -0.4 is 0 Å². The van der Waals surface area contributed by atoms with E-state index in [1.165, 1.54) is 11.1 Å². The van der Waals surface area contributed by atoms with Crippen LogP contribution in [0.5, 0.6) is 0 Å². The summed E-state index contributed by atoms with van der Waals surface area (Å²) < 4.78 is 3.10. The number of aromatic nitrogens is 3. The highest BCUT2D eigenvalue weighted by atomic mass is 79.9. The molecule has 5 aromatic rings. The zero-order chi connectivity index (χ0) is 17.5. The summed E-state index contributed by atoms with van der Waals surface area (Å²) in [6.45, 7) is 0. The van der Waals surface area contributed by atoms with Crippen LogP contribution in [0.15, 0.2) is 89.5 Å². The zero-order valence-electron chi connectivity index (χ0n) is 13.8. The van der Waals surface area contributed by atoms with Crippen LogP contribution in [0.2, 0.25) is 0 Å². The molecule has 0 aliphatic rings. The lowest BCUT2D eigenvalue weighted by molar-refractivity contribution is 1.11. The zero-order valence-corrected chi connectivity index (χ0v) is 15.4. The van der Waals surface area contributed by atoms with Crippen molar-refractivity contribution in [3.05, 3.63) is 89.5 Å². The van der Waals surface area contributed by atoms with E-state index in [4.69, 9.17) is 0 Å². The maximum Gasteiger partial charge on any atom is 0.168 e. The van der Waals surface area contributed by atoms with Crippen molar-refractivity contribution in [1.29, 1.82) is 0 Å². The standard InChI is InChI=1S/C22H14BrN3/c23-19-10-8-17(9-11-19)21-24-25-22-20-14-18(15-4-2-1-3-5-15)7-6-16(20)12-13-26(21)22/h1-14H. The van der Waals surface area contributed by atoms with Gasteiger partial charge in [-0.25, -0.2) is 0 Å². The van der Waals surface area contributed by atoms with Crippen LogP contribution in [-0.4, -0.2) is 14.6 Å². The van der Waals surface area contributed by atoms with Gasteiger partial charge < -0.3 is 0 Å². The van der Waals surface area contributed by atoms with Crippen LogP contribution in [0.25, 0.3) is 38.9 Å². The summed E-state index contributed by atoms with van der Waals surface area (Å²) in [6.07, 6.45) is 2.04. The Morgan fingerprint density at radius 3 is 2.27 bits per heavy atom. The predicted octanol–water partition coefficient (Wildman–Crippen LogP) is 5.98. The van der Waals surface area contributed by atoms with E-state index in [-0.39, 0.29) is 0 Å². The molecule has 3 nitrogen and oxygen atoms in total. The normalized spacial score (nSPS) is 11.3. The molecule has 0 atom stereocenters. The first kappa shape index (κ1) is 15.3. The topological polar surface area (TPSA) is 30.2 Å². The first-order valence-electron chi connectivity index (χ1n) is 8.38. The summed E-state index contributed by atoms with van der Waals surface area (Å²) in [7, 11) is 0. The predicted molar refractivity (Wildman–Crippen MR) is 109 cm³/mol. The number of hydrogen-bond acceptors (Lipinski definition) is 2. The van der Waals surface area contributed by atoms with Gasteiger partial charge in [0.1, 0.15) is 0 Å². The van der Waals surface area contributed by atoms with Gasteiger partial charge in [0.15, 0.2) is 11.5 Å². The molecule has 0 amide bonds. The molecule has 2 heterocycles. The van der Waals surface area contributed by atoms with Gasteiger partial charge in [0.2, 0.25) is 0 Å². The second kappa shape index (κ2) is 6.07. The number of pyridine rings is 1. The fraction of sp³-hybridized carbons (Fsp3) is 0. The number of rotatable bonds is 2. The van der Waals surface area contributed by atoms with Crippen LogP contribution in [-0.2, 0) is 0 Å². The summed E-state index contributed by atoms with van der Waals surface area (Å²) in [5, 5.41) is 11.2. The number of fused-ring (bicyclic) bond motifs is 3. The summed E-state index contributed by atoms with van der Waals surface area (Å²) in [5.41, 5.74) is 4.29. The molecule has 26 heavy (non-hydrogen) atoms. The fourth-order valence-corrected chi connectivity index (χ4v) is 3.54. The molecule has 0 fully saturated rings. The number of benzene rings is 3. The smallest absolute Gasteiger partial charge is 0.168 e. The minimum Gasteiger partial charge on any atom is -0.282 e. The van der Waals surface area contributed by atoms with Gasteiger partial charge in [0, 0.05) is 21.6 Å². The highest BCUT2D eigenvalue weighted by molar-refractivity contribution is 9.10. The Kier molecular flexibility index (Phi) is 3.57. The Bertz CT molecular complexity index is 1230. The molecule has 5 rings (SSSR count). The highest BCUT2D eigenvalue weighted by Gasteiger charge is 2.11. The lowest BCUT2D eigenvalue weighted by Gasteiger charge is -2.06.